The van der Waals surface area contributed by atoms with E-state index in [0.717, 1.165) is 15.8 Å². The zero-order valence-corrected chi connectivity index (χ0v) is 20.5. The number of H-pyrrole nitrogens is 1. The fraction of sp³-hybridized carbons (Fsp3) is 0.120. The number of hydrogen-bond donors (Lipinski definition) is 1. The summed E-state index contributed by atoms with van der Waals surface area (Å²) in [7, 11) is 0. The van der Waals surface area contributed by atoms with Crippen LogP contribution >= 0.6 is 23.2 Å². The highest BCUT2D eigenvalue weighted by Crippen LogP contribution is 2.39. The summed E-state index contributed by atoms with van der Waals surface area (Å²) in [6.45, 7) is 1.02. The quantitative estimate of drug-likeness (QED) is 0.414. The van der Waals surface area contributed by atoms with E-state index in [4.69, 9.17) is 33.2 Å². The second kappa shape index (κ2) is 9.89. The van der Waals surface area contributed by atoms with Crippen LogP contribution in [0.4, 0.5) is 0 Å². The Labute approximate surface area is 219 Å². The zero-order chi connectivity index (χ0) is 26.1. The van der Waals surface area contributed by atoms with Crippen molar-refractivity contribution in [2.75, 3.05) is 6.54 Å². The number of amides is 1. The number of hydrogen-bond acceptors (Lipinski definition) is 7. The molecule has 37 heavy (non-hydrogen) atoms. The number of carbonyl (C=O) groups excluding carboxylic acids is 1. The van der Waals surface area contributed by atoms with E-state index in [1.807, 2.05) is 17.1 Å². The van der Waals surface area contributed by atoms with E-state index in [1.165, 1.54) is 12.1 Å². The van der Waals surface area contributed by atoms with Crippen molar-refractivity contribution in [1.29, 1.82) is 5.26 Å². The van der Waals surface area contributed by atoms with Crippen LogP contribution in [0.1, 0.15) is 27.2 Å². The Hall–Kier alpha value is -4.46. The van der Waals surface area contributed by atoms with Crippen molar-refractivity contribution in [2.45, 2.75) is 13.0 Å². The van der Waals surface area contributed by atoms with Gasteiger partial charge in [-0.1, -0.05) is 29.3 Å². The largest absolute Gasteiger partial charge is 0.454 e. The summed E-state index contributed by atoms with van der Waals surface area (Å²) < 4.78 is 6.74. The molecule has 12 heteroatoms. The number of nitrogens with one attached hydrogen (secondary N) is 1. The minimum Gasteiger partial charge on any atom is -0.454 e. The molecule has 3 heterocycles. The first-order valence-electron chi connectivity index (χ1n) is 11.0. The van der Waals surface area contributed by atoms with Crippen molar-refractivity contribution in [2.24, 2.45) is 0 Å². The number of rotatable bonds is 5. The number of nitriles is 1. The maximum absolute atomic E-state index is 13.0. The van der Waals surface area contributed by atoms with Crippen LogP contribution in [0.3, 0.4) is 0 Å². The van der Waals surface area contributed by atoms with E-state index in [9.17, 15) is 14.4 Å². The molecule has 2 aromatic heterocycles. The van der Waals surface area contributed by atoms with Crippen molar-refractivity contribution >= 4 is 29.1 Å². The van der Waals surface area contributed by atoms with Crippen molar-refractivity contribution in [3.8, 4) is 23.3 Å². The highest BCUT2D eigenvalue weighted by atomic mass is 35.5. The first-order valence-corrected chi connectivity index (χ1v) is 11.7. The summed E-state index contributed by atoms with van der Waals surface area (Å²) in [4.78, 5) is 44.7. The van der Waals surface area contributed by atoms with Gasteiger partial charge in [-0.25, -0.2) is 4.79 Å². The zero-order valence-electron chi connectivity index (χ0n) is 18.9. The molecule has 0 saturated carbocycles. The van der Waals surface area contributed by atoms with Gasteiger partial charge < -0.3 is 9.64 Å². The van der Waals surface area contributed by atoms with Crippen LogP contribution in [-0.2, 0) is 13.0 Å². The van der Waals surface area contributed by atoms with Gasteiger partial charge >= 0.3 is 5.69 Å². The predicted octanol–water partition coefficient (Wildman–Crippen LogP) is 3.49. The van der Waals surface area contributed by atoms with Gasteiger partial charge in [-0.05, 0) is 53.9 Å². The monoisotopic (exact) mass is 534 g/mol. The van der Waals surface area contributed by atoms with Gasteiger partial charge in [0.15, 0.2) is 5.75 Å². The van der Waals surface area contributed by atoms with Gasteiger partial charge in [-0.2, -0.15) is 9.94 Å². The lowest BCUT2D eigenvalue weighted by Gasteiger charge is -2.29. The Morgan fingerprint density at radius 1 is 1.11 bits per heavy atom. The third kappa shape index (κ3) is 4.82. The lowest BCUT2D eigenvalue weighted by Crippen LogP contribution is -2.37. The van der Waals surface area contributed by atoms with Gasteiger partial charge in [0.05, 0.1) is 15.7 Å². The number of benzene rings is 2. The van der Waals surface area contributed by atoms with Crippen molar-refractivity contribution in [1.82, 2.24) is 24.6 Å². The van der Waals surface area contributed by atoms with E-state index < -0.39 is 16.9 Å². The summed E-state index contributed by atoms with van der Waals surface area (Å²) in [6, 6.07) is 13.2. The normalized spacial score (nSPS) is 12.7. The number of carbonyl (C=O) groups is 1. The average Bonchev–Trinajstić information content (AvgIpc) is 2.88. The van der Waals surface area contributed by atoms with E-state index in [0.29, 0.717) is 30.8 Å². The van der Waals surface area contributed by atoms with Gasteiger partial charge in [0, 0.05) is 31.0 Å². The molecule has 2 aromatic carbocycles. The molecule has 0 unspecified atom stereocenters. The SMILES string of the molecule is N#Cc1nn(-c2cc(Cl)c(Oc3ccc4c(c3)CCN(Cc3cccnc3)C4=O)c(Cl)c2)c(=O)[nH]c1=O. The molecule has 0 bridgehead atoms. The Kier molecular flexibility index (Phi) is 6.48. The molecular formula is C25H16Cl2N6O4. The number of aromatic amines is 1. The molecule has 0 spiro atoms. The standard InChI is InChI=1S/C25H16Cl2N6O4/c26-19-9-16(33-25(36)30-23(34)21(11-28)31-33)10-20(27)22(19)37-17-3-4-18-15(8-17)5-7-32(24(18)35)13-14-2-1-6-29-12-14/h1-4,6,8-10,12H,5,7,13H2,(H,30,34,36). The smallest absolute Gasteiger partial charge is 0.349 e. The fourth-order valence-electron chi connectivity index (χ4n) is 3.97. The molecule has 184 valence electrons. The second-order valence-electron chi connectivity index (χ2n) is 8.13. The minimum absolute atomic E-state index is 0.0670. The van der Waals surface area contributed by atoms with Crippen LogP contribution in [0, 0.1) is 11.3 Å². The molecule has 1 aliphatic heterocycles. The second-order valence-corrected chi connectivity index (χ2v) is 8.94. The molecule has 4 aromatic rings. The summed E-state index contributed by atoms with van der Waals surface area (Å²) >= 11 is 12.8. The molecule has 0 fully saturated rings. The van der Waals surface area contributed by atoms with Crippen LogP contribution in [0.15, 0.2) is 64.4 Å². The van der Waals surface area contributed by atoms with Crippen LogP contribution in [0.2, 0.25) is 10.0 Å². The van der Waals surface area contributed by atoms with Crippen LogP contribution in [0.5, 0.6) is 11.5 Å². The summed E-state index contributed by atoms with van der Waals surface area (Å²) in [6.07, 6.45) is 4.07. The molecule has 1 aliphatic rings. The van der Waals surface area contributed by atoms with Gasteiger partial charge in [-0.15, -0.1) is 5.10 Å². The number of fused-ring (bicyclic) bond motifs is 1. The van der Waals surface area contributed by atoms with Gasteiger partial charge in [0.25, 0.3) is 11.5 Å². The molecule has 1 N–H and O–H groups in total. The van der Waals surface area contributed by atoms with Gasteiger partial charge in [-0.3, -0.25) is 19.6 Å². The van der Waals surface area contributed by atoms with Crippen LogP contribution < -0.4 is 16.0 Å². The highest BCUT2D eigenvalue weighted by Gasteiger charge is 2.25. The number of pyridine rings is 1. The molecular weight excluding hydrogens is 519 g/mol. The highest BCUT2D eigenvalue weighted by molar-refractivity contribution is 6.37. The molecule has 0 radical (unpaired) electrons. The Bertz CT molecular complexity index is 1670. The number of aromatic nitrogens is 4. The predicted molar refractivity (Wildman–Crippen MR) is 134 cm³/mol. The van der Waals surface area contributed by atoms with Crippen LogP contribution in [0.25, 0.3) is 5.69 Å². The third-order valence-corrected chi connectivity index (χ3v) is 6.28. The summed E-state index contributed by atoms with van der Waals surface area (Å²) in [5.41, 5.74) is 0.261. The van der Waals surface area contributed by atoms with E-state index in [-0.39, 0.29) is 27.4 Å². The number of ether oxygens (including phenoxy) is 1. The molecule has 0 aliphatic carbocycles. The lowest BCUT2D eigenvalue weighted by molar-refractivity contribution is 0.0727. The van der Waals surface area contributed by atoms with Crippen molar-refractivity contribution in [3.63, 3.8) is 0 Å². The van der Waals surface area contributed by atoms with E-state index in [2.05, 4.69) is 10.1 Å². The molecule has 0 atom stereocenters. The van der Waals surface area contributed by atoms with Crippen molar-refractivity contribution in [3.05, 3.63) is 108 Å². The first kappa shape index (κ1) is 24.2. The topological polar surface area (TPSA) is 134 Å². The number of nitrogens with zero attached hydrogens (tertiary/aromatic N) is 5. The first-order chi connectivity index (χ1) is 17.8. The molecule has 1 amide bonds. The Morgan fingerprint density at radius 3 is 2.59 bits per heavy atom. The fourth-order valence-corrected chi connectivity index (χ4v) is 4.52. The maximum Gasteiger partial charge on any atom is 0.349 e. The Balaban J connectivity index is 1.39. The summed E-state index contributed by atoms with van der Waals surface area (Å²) in [5.74, 6) is 0.480. The minimum atomic E-state index is -0.896. The van der Waals surface area contributed by atoms with E-state index in [1.54, 1.807) is 41.6 Å². The van der Waals surface area contributed by atoms with Crippen molar-refractivity contribution < 1.29 is 9.53 Å². The third-order valence-electron chi connectivity index (χ3n) is 5.72. The maximum atomic E-state index is 13.0. The molecule has 10 nitrogen and oxygen atoms in total. The number of halogens is 2. The van der Waals surface area contributed by atoms with Gasteiger partial charge in [0.2, 0.25) is 5.69 Å². The average molecular weight is 535 g/mol. The molecule has 0 saturated heterocycles. The summed E-state index contributed by atoms with van der Waals surface area (Å²) in [5, 5.41) is 12.9. The lowest BCUT2D eigenvalue weighted by atomic mass is 9.98. The van der Waals surface area contributed by atoms with Gasteiger partial charge in [0.1, 0.15) is 11.8 Å². The molecule has 5 rings (SSSR count). The Morgan fingerprint density at radius 2 is 1.89 bits per heavy atom. The van der Waals surface area contributed by atoms with Crippen LogP contribution in [-0.4, -0.2) is 37.1 Å². The van der Waals surface area contributed by atoms with E-state index >= 15 is 0 Å².